The molecule has 0 spiro atoms. The van der Waals surface area contributed by atoms with Crippen molar-refractivity contribution in [2.45, 2.75) is 32.4 Å². The molecular weight excluding hydrogens is 585 g/mol. The maximum absolute atomic E-state index is 13.4. The zero-order valence-electron chi connectivity index (χ0n) is 22.9. The van der Waals surface area contributed by atoms with Crippen molar-refractivity contribution in [2.75, 3.05) is 16.8 Å². The molecular formula is C31H26N6O4S2. The minimum atomic E-state index is -1.39. The number of ether oxygens (including phenoxy) is 1. The van der Waals surface area contributed by atoms with Crippen molar-refractivity contribution in [1.29, 1.82) is 0 Å². The number of aromatic nitrogens is 4. The van der Waals surface area contributed by atoms with E-state index in [-0.39, 0.29) is 11.8 Å². The van der Waals surface area contributed by atoms with Crippen LogP contribution in [0.3, 0.4) is 0 Å². The first-order chi connectivity index (χ1) is 21.0. The van der Waals surface area contributed by atoms with E-state index < -0.39 is 6.16 Å². The number of carboxylic acid groups (broad SMARTS) is 1. The summed E-state index contributed by atoms with van der Waals surface area (Å²) in [4.78, 5) is 41.4. The fourth-order valence-electron chi connectivity index (χ4n) is 5.44. The summed E-state index contributed by atoms with van der Waals surface area (Å²) in [5, 5.41) is 14.7. The number of anilines is 2. The monoisotopic (exact) mass is 610 g/mol. The first kappa shape index (κ1) is 27.0. The number of carbonyl (C=O) groups is 2. The Bertz CT molecular complexity index is 1950. The highest BCUT2D eigenvalue weighted by atomic mass is 32.1. The molecule has 2 N–H and O–H groups in total. The second kappa shape index (κ2) is 11.5. The SMILES string of the molecule is O=C(O)Oc1nc(N2CCc3cccc(C(=O)Nc4nc5ccccc5s4)c3C2)sc1CCCn1ccc2cccnc21. The predicted octanol–water partition coefficient (Wildman–Crippen LogP) is 6.61. The van der Waals surface area contributed by atoms with E-state index in [0.29, 0.717) is 35.3 Å². The van der Waals surface area contributed by atoms with Crippen molar-refractivity contribution in [1.82, 2.24) is 19.5 Å². The van der Waals surface area contributed by atoms with Gasteiger partial charge < -0.3 is 19.3 Å². The van der Waals surface area contributed by atoms with Gasteiger partial charge in [0.1, 0.15) is 5.65 Å². The molecule has 0 saturated carbocycles. The number of rotatable bonds is 8. The molecule has 12 heteroatoms. The number of fused-ring (bicyclic) bond motifs is 3. The lowest BCUT2D eigenvalue weighted by molar-refractivity contribution is 0.102. The van der Waals surface area contributed by atoms with Gasteiger partial charge >= 0.3 is 6.16 Å². The van der Waals surface area contributed by atoms with Crippen molar-refractivity contribution in [3.8, 4) is 5.88 Å². The zero-order valence-corrected chi connectivity index (χ0v) is 24.5. The van der Waals surface area contributed by atoms with Gasteiger partial charge in [0.25, 0.3) is 5.91 Å². The van der Waals surface area contributed by atoms with E-state index in [2.05, 4.69) is 29.7 Å². The Morgan fingerprint density at radius 2 is 1.93 bits per heavy atom. The van der Waals surface area contributed by atoms with E-state index in [1.54, 1.807) is 6.20 Å². The zero-order chi connectivity index (χ0) is 29.3. The van der Waals surface area contributed by atoms with Gasteiger partial charge in [0.2, 0.25) is 5.88 Å². The molecule has 0 radical (unpaired) electrons. The average Bonchev–Trinajstić information content (AvgIpc) is 3.73. The van der Waals surface area contributed by atoms with Crippen molar-refractivity contribution in [3.05, 3.63) is 94.6 Å². The van der Waals surface area contributed by atoms with Crippen LogP contribution >= 0.6 is 22.7 Å². The Balaban J connectivity index is 1.09. The first-order valence-corrected chi connectivity index (χ1v) is 15.5. The lowest BCUT2D eigenvalue weighted by atomic mass is 9.94. The highest BCUT2D eigenvalue weighted by Gasteiger charge is 2.26. The molecule has 4 aromatic heterocycles. The first-order valence-electron chi connectivity index (χ1n) is 13.8. The molecule has 5 heterocycles. The molecule has 0 atom stereocenters. The molecule has 0 bridgehead atoms. The molecule has 1 aliphatic rings. The van der Waals surface area contributed by atoms with Crippen LogP contribution in [-0.2, 0) is 25.9 Å². The molecule has 216 valence electrons. The minimum Gasteiger partial charge on any atom is -0.449 e. The van der Waals surface area contributed by atoms with Crippen LogP contribution in [-0.4, -0.2) is 43.2 Å². The van der Waals surface area contributed by atoms with Gasteiger partial charge in [0.15, 0.2) is 10.3 Å². The number of nitrogens with zero attached hydrogens (tertiary/aromatic N) is 5. The number of carbonyl (C=O) groups excluding carboxylic acids is 1. The number of nitrogens with one attached hydrogen (secondary N) is 1. The normalized spacial score (nSPS) is 12.9. The van der Waals surface area contributed by atoms with Crippen LogP contribution in [0.1, 0.15) is 32.8 Å². The third kappa shape index (κ3) is 5.54. The molecule has 10 nitrogen and oxygen atoms in total. The summed E-state index contributed by atoms with van der Waals surface area (Å²) < 4.78 is 8.20. The van der Waals surface area contributed by atoms with Gasteiger partial charge in [-0.05, 0) is 66.8 Å². The van der Waals surface area contributed by atoms with Gasteiger partial charge in [-0.15, -0.1) is 0 Å². The molecule has 0 saturated heterocycles. The van der Waals surface area contributed by atoms with Crippen LogP contribution in [0, 0.1) is 0 Å². The molecule has 2 aromatic carbocycles. The molecule has 43 heavy (non-hydrogen) atoms. The quantitative estimate of drug-likeness (QED) is 0.185. The van der Waals surface area contributed by atoms with Crippen molar-refractivity contribution in [3.63, 3.8) is 0 Å². The van der Waals surface area contributed by atoms with Gasteiger partial charge in [-0.3, -0.25) is 10.1 Å². The van der Waals surface area contributed by atoms with Gasteiger partial charge in [-0.25, -0.2) is 14.8 Å². The van der Waals surface area contributed by atoms with Crippen molar-refractivity contribution >= 4 is 66.2 Å². The van der Waals surface area contributed by atoms with Gasteiger partial charge in [-0.1, -0.05) is 46.9 Å². The maximum Gasteiger partial charge on any atom is 0.512 e. The molecule has 6 aromatic rings. The second-order valence-corrected chi connectivity index (χ2v) is 12.3. The maximum atomic E-state index is 13.4. The van der Waals surface area contributed by atoms with E-state index in [0.717, 1.165) is 56.6 Å². The number of thiazole rings is 2. The predicted molar refractivity (Wildman–Crippen MR) is 168 cm³/mol. The number of amides is 1. The fraction of sp³-hybridized carbons (Fsp3) is 0.194. The second-order valence-electron chi connectivity index (χ2n) is 10.2. The molecule has 1 amide bonds. The summed E-state index contributed by atoms with van der Waals surface area (Å²) in [6.45, 7) is 1.89. The topological polar surface area (TPSA) is 122 Å². The highest BCUT2D eigenvalue weighted by Crippen LogP contribution is 2.36. The van der Waals surface area contributed by atoms with Crippen molar-refractivity contribution in [2.24, 2.45) is 0 Å². The average molecular weight is 611 g/mol. The third-order valence-corrected chi connectivity index (χ3v) is 9.57. The summed E-state index contributed by atoms with van der Waals surface area (Å²) in [5.41, 5.74) is 4.40. The minimum absolute atomic E-state index is 0.121. The lowest BCUT2D eigenvalue weighted by Gasteiger charge is -2.29. The number of para-hydroxylation sites is 1. The number of hydrogen-bond donors (Lipinski definition) is 2. The Hall–Kier alpha value is -4.81. The summed E-state index contributed by atoms with van der Waals surface area (Å²) in [5.74, 6) is -0.0878. The summed E-state index contributed by atoms with van der Waals surface area (Å²) in [6.07, 6.45) is 4.50. The Morgan fingerprint density at radius 1 is 1.02 bits per heavy atom. The largest absolute Gasteiger partial charge is 0.512 e. The smallest absolute Gasteiger partial charge is 0.449 e. The molecule has 1 aliphatic heterocycles. The Kier molecular flexibility index (Phi) is 7.21. The van der Waals surface area contributed by atoms with E-state index in [1.165, 1.54) is 22.7 Å². The Labute approximate surface area is 254 Å². The van der Waals surface area contributed by atoms with Crippen LogP contribution in [0.25, 0.3) is 21.3 Å². The van der Waals surface area contributed by atoms with E-state index >= 15 is 0 Å². The third-order valence-electron chi connectivity index (χ3n) is 7.46. The number of aryl methyl sites for hydroxylation is 2. The van der Waals surface area contributed by atoms with E-state index in [4.69, 9.17) is 4.74 Å². The standard InChI is InChI=1S/C31H26N6O4S2/c38-27(34-29-33-23-9-1-2-10-24(23)42-29)21-8-3-6-19-12-17-37(18-22(19)21)30-35-28(41-31(39)40)25(43-30)11-5-15-36-16-13-20-7-4-14-32-26(20)36/h1-4,6-10,13-14,16H,5,11-12,15,17-18H2,(H,39,40)(H,33,34,38). The highest BCUT2D eigenvalue weighted by molar-refractivity contribution is 7.22. The van der Waals surface area contributed by atoms with Crippen molar-refractivity contribution < 1.29 is 19.4 Å². The van der Waals surface area contributed by atoms with Crippen LogP contribution in [0.5, 0.6) is 5.88 Å². The summed E-state index contributed by atoms with van der Waals surface area (Å²) in [6, 6.07) is 19.5. The fourth-order valence-corrected chi connectivity index (χ4v) is 7.36. The molecule has 0 aliphatic carbocycles. The molecule has 7 rings (SSSR count). The number of pyridine rings is 1. The van der Waals surface area contributed by atoms with Crippen LogP contribution in [0.2, 0.25) is 0 Å². The van der Waals surface area contributed by atoms with E-state index in [9.17, 15) is 14.7 Å². The Morgan fingerprint density at radius 3 is 2.81 bits per heavy atom. The van der Waals surface area contributed by atoms with Gasteiger partial charge in [0.05, 0.1) is 15.1 Å². The summed E-state index contributed by atoms with van der Waals surface area (Å²) >= 11 is 2.88. The van der Waals surface area contributed by atoms with Crippen LogP contribution in [0.15, 0.2) is 73.1 Å². The van der Waals surface area contributed by atoms with Crippen LogP contribution in [0.4, 0.5) is 15.1 Å². The number of benzene rings is 2. The molecule has 0 fully saturated rings. The van der Waals surface area contributed by atoms with Gasteiger partial charge in [0, 0.05) is 43.0 Å². The lowest BCUT2D eigenvalue weighted by Crippen LogP contribution is -2.32. The summed E-state index contributed by atoms with van der Waals surface area (Å²) in [7, 11) is 0. The van der Waals surface area contributed by atoms with Gasteiger partial charge in [-0.2, -0.15) is 4.98 Å². The van der Waals surface area contributed by atoms with Crippen LogP contribution < -0.4 is 15.0 Å². The molecule has 0 unspecified atom stereocenters. The van der Waals surface area contributed by atoms with E-state index in [1.807, 2.05) is 66.9 Å². The number of hydrogen-bond acceptors (Lipinski definition) is 9.